The highest BCUT2D eigenvalue weighted by molar-refractivity contribution is 7.89. The summed E-state index contributed by atoms with van der Waals surface area (Å²) in [7, 11) is -3.77. The zero-order valence-corrected chi connectivity index (χ0v) is 13.4. The first-order valence-corrected chi connectivity index (χ1v) is 9.18. The highest BCUT2D eigenvalue weighted by atomic mass is 32.2. The zero-order chi connectivity index (χ0) is 15.9. The van der Waals surface area contributed by atoms with Gasteiger partial charge >= 0.3 is 5.97 Å². The third-order valence-corrected chi connectivity index (χ3v) is 6.81. The van der Waals surface area contributed by atoms with Crippen LogP contribution in [0.5, 0.6) is 0 Å². The van der Waals surface area contributed by atoms with E-state index in [1.165, 1.54) is 4.31 Å². The first-order chi connectivity index (χ1) is 10.4. The number of hydrogen-bond donors (Lipinski definition) is 1. The van der Waals surface area contributed by atoms with Crippen LogP contribution in [0.4, 0.5) is 0 Å². The number of aliphatic carboxylic acids is 1. The number of rotatable bonds is 3. The van der Waals surface area contributed by atoms with Gasteiger partial charge in [-0.15, -0.1) is 0 Å². The van der Waals surface area contributed by atoms with Crippen molar-refractivity contribution in [2.24, 2.45) is 5.92 Å². The maximum atomic E-state index is 13.0. The van der Waals surface area contributed by atoms with E-state index >= 15 is 0 Å². The first-order valence-electron chi connectivity index (χ1n) is 7.74. The average molecular weight is 323 g/mol. The summed E-state index contributed by atoms with van der Waals surface area (Å²) >= 11 is 0. The Balaban J connectivity index is 2.04. The summed E-state index contributed by atoms with van der Waals surface area (Å²) < 4.78 is 27.3. The average Bonchev–Trinajstić information content (AvgIpc) is 2.87. The minimum Gasteiger partial charge on any atom is -0.480 e. The van der Waals surface area contributed by atoms with Crippen molar-refractivity contribution < 1.29 is 18.3 Å². The van der Waals surface area contributed by atoms with Crippen molar-refractivity contribution in [3.8, 4) is 0 Å². The fourth-order valence-corrected chi connectivity index (χ4v) is 5.85. The molecule has 2 fully saturated rings. The Bertz CT molecular complexity index is 685. The SMILES string of the molecule is Cc1cccc(S(=O)(=O)N2C(C(=O)O)CC3CCCCC32)c1. The Kier molecular flexibility index (Phi) is 3.99. The van der Waals surface area contributed by atoms with Crippen LogP contribution in [0.25, 0.3) is 0 Å². The molecule has 5 nitrogen and oxygen atoms in total. The number of carboxylic acids is 1. The van der Waals surface area contributed by atoms with Gasteiger partial charge in [0.15, 0.2) is 0 Å². The molecule has 1 aliphatic carbocycles. The monoisotopic (exact) mass is 323 g/mol. The van der Waals surface area contributed by atoms with E-state index in [0.717, 1.165) is 31.2 Å². The van der Waals surface area contributed by atoms with Crippen molar-refractivity contribution in [2.75, 3.05) is 0 Å². The van der Waals surface area contributed by atoms with Crippen LogP contribution in [-0.4, -0.2) is 35.9 Å². The summed E-state index contributed by atoms with van der Waals surface area (Å²) in [4.78, 5) is 11.8. The van der Waals surface area contributed by atoms with Crippen molar-refractivity contribution in [3.63, 3.8) is 0 Å². The van der Waals surface area contributed by atoms with E-state index in [4.69, 9.17) is 0 Å². The van der Waals surface area contributed by atoms with E-state index in [1.807, 2.05) is 13.0 Å². The fourth-order valence-electron chi connectivity index (χ4n) is 3.87. The normalized spacial score (nSPS) is 29.2. The van der Waals surface area contributed by atoms with Gasteiger partial charge in [-0.3, -0.25) is 4.79 Å². The van der Waals surface area contributed by atoms with Crippen molar-refractivity contribution in [1.82, 2.24) is 4.31 Å². The van der Waals surface area contributed by atoms with E-state index in [9.17, 15) is 18.3 Å². The molecule has 3 atom stereocenters. The topological polar surface area (TPSA) is 74.7 Å². The molecule has 2 aliphatic rings. The molecule has 0 amide bonds. The number of fused-ring (bicyclic) bond motifs is 1. The third kappa shape index (κ3) is 2.54. The maximum Gasteiger partial charge on any atom is 0.322 e. The standard InChI is InChI=1S/C16H21NO4S/c1-11-5-4-7-13(9-11)22(20,21)17-14-8-3-2-6-12(14)10-15(17)16(18)19/h4-5,7,9,12,14-15H,2-3,6,8,10H2,1H3,(H,18,19). The van der Waals surface area contributed by atoms with Gasteiger partial charge in [0.25, 0.3) is 0 Å². The highest BCUT2D eigenvalue weighted by Crippen LogP contribution is 2.42. The number of sulfonamides is 1. The van der Waals surface area contributed by atoms with Crippen LogP contribution in [0.15, 0.2) is 29.2 Å². The molecule has 1 saturated heterocycles. The van der Waals surface area contributed by atoms with E-state index < -0.39 is 22.0 Å². The van der Waals surface area contributed by atoms with Crippen LogP contribution in [0, 0.1) is 12.8 Å². The first kappa shape index (κ1) is 15.5. The largest absolute Gasteiger partial charge is 0.480 e. The number of nitrogens with zero attached hydrogens (tertiary/aromatic N) is 1. The van der Waals surface area contributed by atoms with Gasteiger partial charge < -0.3 is 5.11 Å². The number of hydrogen-bond acceptors (Lipinski definition) is 3. The second kappa shape index (κ2) is 5.66. The summed E-state index contributed by atoms with van der Waals surface area (Å²) in [6.07, 6.45) is 4.15. The quantitative estimate of drug-likeness (QED) is 0.927. The van der Waals surface area contributed by atoms with Gasteiger partial charge in [0.2, 0.25) is 10.0 Å². The van der Waals surface area contributed by atoms with Gasteiger partial charge in [0, 0.05) is 6.04 Å². The zero-order valence-electron chi connectivity index (χ0n) is 12.6. The van der Waals surface area contributed by atoms with Gasteiger partial charge in [-0.1, -0.05) is 25.0 Å². The Labute approximate surface area is 131 Å². The van der Waals surface area contributed by atoms with Gasteiger partial charge in [-0.2, -0.15) is 4.31 Å². The summed E-state index contributed by atoms with van der Waals surface area (Å²) in [6.45, 7) is 1.83. The molecule has 1 aromatic carbocycles. The molecule has 6 heteroatoms. The Hall–Kier alpha value is -1.40. The van der Waals surface area contributed by atoms with E-state index in [1.54, 1.807) is 18.2 Å². The molecule has 0 bridgehead atoms. The molecule has 1 N–H and O–H groups in total. The summed E-state index contributed by atoms with van der Waals surface area (Å²) in [5.74, 6) is -0.861. The molecule has 22 heavy (non-hydrogen) atoms. The summed E-state index contributed by atoms with van der Waals surface area (Å²) in [5.41, 5.74) is 0.854. The van der Waals surface area contributed by atoms with Gasteiger partial charge in [-0.25, -0.2) is 8.42 Å². The highest BCUT2D eigenvalue weighted by Gasteiger charge is 2.51. The van der Waals surface area contributed by atoms with Crippen molar-refractivity contribution in [3.05, 3.63) is 29.8 Å². The summed E-state index contributed by atoms with van der Waals surface area (Å²) in [5, 5.41) is 9.49. The van der Waals surface area contributed by atoms with Crippen molar-refractivity contribution in [2.45, 2.75) is 56.0 Å². The van der Waals surface area contributed by atoms with Gasteiger partial charge in [-0.05, 0) is 49.8 Å². The smallest absolute Gasteiger partial charge is 0.322 e. The van der Waals surface area contributed by atoms with Crippen LogP contribution < -0.4 is 0 Å². The van der Waals surface area contributed by atoms with Gasteiger partial charge in [0.05, 0.1) is 4.90 Å². The molecule has 3 unspecified atom stereocenters. The molecule has 1 aromatic rings. The molecular weight excluding hydrogens is 302 g/mol. The lowest BCUT2D eigenvalue weighted by atomic mass is 9.85. The van der Waals surface area contributed by atoms with Crippen LogP contribution in [0.3, 0.4) is 0 Å². The lowest BCUT2D eigenvalue weighted by Gasteiger charge is -2.32. The lowest BCUT2D eigenvalue weighted by Crippen LogP contribution is -2.46. The van der Waals surface area contributed by atoms with E-state index in [0.29, 0.717) is 6.42 Å². The van der Waals surface area contributed by atoms with Crippen molar-refractivity contribution >= 4 is 16.0 Å². The molecule has 0 radical (unpaired) electrons. The Morgan fingerprint density at radius 2 is 2.00 bits per heavy atom. The third-order valence-electron chi connectivity index (χ3n) is 4.88. The lowest BCUT2D eigenvalue weighted by molar-refractivity contribution is -0.141. The van der Waals surface area contributed by atoms with Crippen LogP contribution in [0.2, 0.25) is 0 Å². The number of aryl methyl sites for hydroxylation is 1. The second-order valence-electron chi connectivity index (χ2n) is 6.35. The van der Waals surface area contributed by atoms with E-state index in [2.05, 4.69) is 0 Å². The molecular formula is C16H21NO4S. The van der Waals surface area contributed by atoms with Crippen LogP contribution in [-0.2, 0) is 14.8 Å². The molecule has 1 heterocycles. The summed E-state index contributed by atoms with van der Waals surface area (Å²) in [6, 6.07) is 5.61. The van der Waals surface area contributed by atoms with E-state index in [-0.39, 0.29) is 16.9 Å². The second-order valence-corrected chi connectivity index (χ2v) is 8.20. The number of carboxylic acid groups (broad SMARTS) is 1. The molecule has 3 rings (SSSR count). The molecule has 1 saturated carbocycles. The molecule has 0 spiro atoms. The van der Waals surface area contributed by atoms with Crippen molar-refractivity contribution in [1.29, 1.82) is 0 Å². The van der Waals surface area contributed by atoms with Crippen LogP contribution in [0.1, 0.15) is 37.7 Å². The molecule has 120 valence electrons. The number of carbonyl (C=O) groups is 1. The predicted octanol–water partition coefficient (Wildman–Crippen LogP) is 2.40. The molecule has 0 aromatic heterocycles. The minimum absolute atomic E-state index is 0.166. The maximum absolute atomic E-state index is 13.0. The van der Waals surface area contributed by atoms with Crippen LogP contribution >= 0.6 is 0 Å². The predicted molar refractivity (Wildman–Crippen MR) is 82.0 cm³/mol. The molecule has 1 aliphatic heterocycles. The number of benzene rings is 1. The Morgan fingerprint density at radius 3 is 2.68 bits per heavy atom. The fraction of sp³-hybridized carbons (Fsp3) is 0.562. The van der Waals surface area contributed by atoms with Gasteiger partial charge in [0.1, 0.15) is 6.04 Å². The Morgan fingerprint density at radius 1 is 1.27 bits per heavy atom. The minimum atomic E-state index is -3.77.